The van der Waals surface area contributed by atoms with Crippen molar-refractivity contribution < 1.29 is 61.8 Å². The molecule has 1 N–H and O–H groups in total. The molecule has 191 valence electrons. The summed E-state index contributed by atoms with van der Waals surface area (Å²) in [5.74, 6) is -0.777. The van der Waals surface area contributed by atoms with E-state index in [1.54, 1.807) is 30.3 Å². The van der Waals surface area contributed by atoms with Crippen LogP contribution in [0.5, 0.6) is 0 Å². The van der Waals surface area contributed by atoms with Gasteiger partial charge in [-0.2, -0.15) is 0 Å². The number of aromatic nitrogens is 1. The van der Waals surface area contributed by atoms with E-state index in [1.807, 2.05) is 24.3 Å². The Bertz CT molecular complexity index is 1930. The summed E-state index contributed by atoms with van der Waals surface area (Å²) in [6.45, 7) is 4.20. The summed E-state index contributed by atoms with van der Waals surface area (Å²) in [6, 6.07) is 29.1. The van der Waals surface area contributed by atoms with E-state index in [0.717, 1.165) is 16.8 Å². The van der Waals surface area contributed by atoms with E-state index >= 15 is 0 Å². The van der Waals surface area contributed by atoms with E-state index in [0.29, 0.717) is 33.3 Å². The van der Waals surface area contributed by atoms with Gasteiger partial charge in [-0.05, 0) is 38.1 Å². The molecule has 39 heavy (non-hydrogen) atoms. The van der Waals surface area contributed by atoms with Gasteiger partial charge in [-0.3, -0.25) is 0 Å². The van der Waals surface area contributed by atoms with Crippen LogP contribution in [0.2, 0.25) is 0 Å². The molecule has 0 saturated heterocycles. The molecule has 0 bridgehead atoms. The molecule has 7 rings (SSSR count). The zero-order chi connectivity index (χ0) is 27.0. The number of hydrogen-bond acceptors (Lipinski definition) is 4. The first-order chi connectivity index (χ1) is 18.8. The van der Waals surface area contributed by atoms with Crippen molar-refractivity contribution in [2.24, 2.45) is 0 Å². The van der Waals surface area contributed by atoms with Crippen molar-refractivity contribution in [2.45, 2.75) is 13.8 Å². The molecule has 0 saturated carbocycles. The van der Waals surface area contributed by atoms with Gasteiger partial charge in [0, 0.05) is 10.8 Å². The van der Waals surface area contributed by atoms with Crippen LogP contribution in [0.3, 0.4) is 0 Å². The van der Waals surface area contributed by atoms with Crippen molar-refractivity contribution in [2.75, 3.05) is 4.98 Å². The molecule has 2 amide bonds. The predicted octanol–water partition coefficient (Wildman–Crippen LogP) is 7.01. The number of nitrogens with zero attached hydrogens (tertiary/aromatic N) is 3. The maximum atomic E-state index is 13.6. The fourth-order valence-electron chi connectivity index (χ4n) is 5.75. The second kappa shape index (κ2) is 9.09. The van der Waals surface area contributed by atoms with E-state index in [1.165, 1.54) is 26.8 Å². The van der Waals surface area contributed by atoms with Gasteiger partial charge in [-0.1, -0.05) is 23.3 Å². The zero-order valence-electron chi connectivity index (χ0n) is 21.1. The first-order valence-corrected chi connectivity index (χ1v) is 13.4. The summed E-state index contributed by atoms with van der Waals surface area (Å²) in [5.41, 5.74) is 7.40. The van der Waals surface area contributed by atoms with Gasteiger partial charge in [0.05, 0.1) is 11.0 Å². The maximum absolute atomic E-state index is 13.6. The molecule has 0 fully saturated rings. The zero-order valence-corrected chi connectivity index (χ0v) is 23.1. The number of carbonyl (C=O) groups is 2. The quantitative estimate of drug-likeness (QED) is 0.169. The first-order valence-electron chi connectivity index (χ1n) is 12.5. The molecule has 2 heterocycles. The average Bonchev–Trinajstić information content (AvgIpc) is 3.24. The molecule has 0 unspecified atom stereocenters. The number of fused-ring (bicyclic) bond motifs is 3. The van der Waals surface area contributed by atoms with Gasteiger partial charge in [0.2, 0.25) is 0 Å². The molecule has 6 aromatic rings. The van der Waals surface area contributed by atoms with Gasteiger partial charge in [-0.25, -0.2) is 0 Å². The summed E-state index contributed by atoms with van der Waals surface area (Å²) in [4.78, 5) is 28.5. The Labute approximate surface area is 257 Å². The monoisotopic (exact) mass is 628 g/mol. The van der Waals surface area contributed by atoms with Crippen LogP contribution in [-0.4, -0.2) is 21.6 Å². The fourth-order valence-corrected chi connectivity index (χ4v) is 6.14. The molecular formula is C32H22N3O3Xe. The second-order valence-corrected chi connectivity index (χ2v) is 10.8. The molecule has 6 nitrogen and oxygen atoms in total. The number of aryl methyl sites for hydroxylation is 2. The molecule has 1 aromatic heterocycles. The first kappa shape index (κ1) is 24.7. The van der Waals surface area contributed by atoms with Crippen molar-refractivity contribution >= 4 is 55.8 Å². The van der Waals surface area contributed by atoms with Gasteiger partial charge in [0.1, 0.15) is 0 Å². The molecule has 1 aliphatic heterocycles. The Kier molecular flexibility index (Phi) is 5.75. The van der Waals surface area contributed by atoms with Crippen LogP contribution in [0.4, 0.5) is 11.4 Å². The van der Waals surface area contributed by atoms with E-state index < -0.39 is 0 Å². The van der Waals surface area contributed by atoms with Crippen molar-refractivity contribution in [3.05, 3.63) is 113 Å². The van der Waals surface area contributed by atoms with Crippen LogP contribution in [0.1, 0.15) is 31.8 Å². The Hall–Kier alpha value is -3.37. The minimum absolute atomic E-state index is 0.389. The Morgan fingerprint density at radius 3 is 1.82 bits per heavy atom. The number of carbonyl (C=O) groups excluding carboxylic acids is 2. The number of amides is 2. The van der Waals surface area contributed by atoms with Crippen molar-refractivity contribution in [1.82, 2.24) is 4.57 Å². The molecule has 7 heteroatoms. The van der Waals surface area contributed by atoms with E-state index in [2.05, 4.69) is 102 Å². The predicted molar refractivity (Wildman–Crippen MR) is 150 cm³/mol. The second-order valence-electron chi connectivity index (χ2n) is 9.95. The Balaban J connectivity index is 1.35. The minimum atomic E-state index is -0.389. The number of hydrogen-bond donors (Lipinski definition) is 1. The van der Waals surface area contributed by atoms with E-state index in [4.69, 9.17) is 0 Å². The van der Waals surface area contributed by atoms with Crippen LogP contribution in [0.25, 0.3) is 38.3 Å². The number of imide groups is 1. The third-order valence-electron chi connectivity index (χ3n) is 7.52. The van der Waals surface area contributed by atoms with Crippen LogP contribution in [-0.2, 0) is 0 Å². The molecular weight excluding hydrogens is 606 g/mol. The third kappa shape index (κ3) is 3.71. The number of rotatable bonds is 3. The summed E-state index contributed by atoms with van der Waals surface area (Å²) < 4.78 is 3.15. The van der Waals surface area contributed by atoms with Gasteiger partial charge in [0.25, 0.3) is 0 Å². The molecule has 0 spiro atoms. The van der Waals surface area contributed by atoms with E-state index in [9.17, 15) is 14.8 Å². The van der Waals surface area contributed by atoms with Crippen LogP contribution in [0, 0.1) is 60.8 Å². The normalized spacial score (nSPS) is 13.2. The van der Waals surface area contributed by atoms with Gasteiger partial charge < -0.3 is 0 Å². The Morgan fingerprint density at radius 1 is 0.667 bits per heavy atom. The molecule has 5 aromatic carbocycles. The SMILES string of the molecule is Cc1ccc2c(c1)c1cc(C)ccc1n2-c1ccc(N2C(=O)c3cccc4c(N(O)[Xe])ccc(c34)C2=O)cc1. The van der Waals surface area contributed by atoms with Gasteiger partial charge >= 0.3 is 177 Å². The summed E-state index contributed by atoms with van der Waals surface area (Å²) >= 11 is 2.09. The summed E-state index contributed by atoms with van der Waals surface area (Å²) in [6.07, 6.45) is 0. The van der Waals surface area contributed by atoms with Crippen LogP contribution >= 0.6 is 0 Å². The standard InChI is InChI=1S/C32H22N3O3Xe/c1-18-6-13-27-25(16-18)26-17-19(2)7-14-28(26)33(27)20-8-10-21(11-9-20)34-31(36)23-5-3-4-22-29(35(38)39)15-12-24(30(22)23)32(34)37/h3-17,38H,1-2H3. The molecule has 1 aliphatic rings. The molecule has 0 aliphatic carbocycles. The van der Waals surface area contributed by atoms with Crippen molar-refractivity contribution in [1.29, 1.82) is 0 Å². The fraction of sp³-hybridized carbons (Fsp3) is 0.0625. The van der Waals surface area contributed by atoms with Gasteiger partial charge in [-0.15, -0.1) is 0 Å². The van der Waals surface area contributed by atoms with Crippen molar-refractivity contribution in [3.63, 3.8) is 0 Å². The van der Waals surface area contributed by atoms with E-state index in [-0.39, 0.29) is 11.8 Å². The topological polar surface area (TPSA) is 65.8 Å². The van der Waals surface area contributed by atoms with Gasteiger partial charge in [0.15, 0.2) is 0 Å². The number of benzene rings is 5. The third-order valence-corrected chi connectivity index (χ3v) is 8.01. The van der Waals surface area contributed by atoms with Crippen LogP contribution in [0.15, 0.2) is 91.0 Å². The average molecular weight is 628 g/mol. The molecule has 0 atom stereocenters. The van der Waals surface area contributed by atoms with Crippen LogP contribution < -0.4 is 4.98 Å². The summed E-state index contributed by atoms with van der Waals surface area (Å²) in [7, 11) is 0. The molecule has 1 radical (unpaired) electrons. The summed E-state index contributed by atoms with van der Waals surface area (Å²) in [5, 5.41) is 13.6. The van der Waals surface area contributed by atoms with Crippen molar-refractivity contribution in [3.8, 4) is 5.69 Å². The Morgan fingerprint density at radius 2 is 1.23 bits per heavy atom. The number of anilines is 2.